The molecule has 2 atom stereocenters. The number of carbonyl (C=O) groups excluding carboxylic acids is 2. The summed E-state index contributed by atoms with van der Waals surface area (Å²) in [5, 5.41) is 2.03. The zero-order valence-corrected chi connectivity index (χ0v) is 18.6. The van der Waals surface area contributed by atoms with E-state index < -0.39 is 22.7 Å². The first-order chi connectivity index (χ1) is 13.6. The van der Waals surface area contributed by atoms with Gasteiger partial charge in [0.25, 0.3) is 0 Å². The Bertz CT molecular complexity index is 1260. The molecule has 0 aromatic heterocycles. The molecule has 2 aromatic carbocycles. The fraction of sp³-hybridized carbons (Fsp3) is 0.308. The molecule has 0 N–H and O–H groups in total. The summed E-state index contributed by atoms with van der Waals surface area (Å²) in [7, 11) is 0. The number of halogens is 1. The van der Waals surface area contributed by atoms with E-state index in [1.165, 1.54) is 0 Å². The highest BCUT2D eigenvalue weighted by Gasteiger charge is 2.54. The molecule has 2 unspecified atom stereocenters. The Labute approximate surface area is 179 Å². The van der Waals surface area contributed by atoms with E-state index in [1.54, 1.807) is 0 Å². The van der Waals surface area contributed by atoms with Crippen molar-refractivity contribution in [3.05, 3.63) is 79.6 Å². The number of hydrogen-bond donors (Lipinski definition) is 0. The lowest BCUT2D eigenvalue weighted by Gasteiger charge is -2.48. The zero-order valence-electron chi connectivity index (χ0n) is 17.0. The maximum atomic E-state index is 13.9. The average molecular weight is 447 g/mol. The summed E-state index contributed by atoms with van der Waals surface area (Å²) in [5.74, 6) is -0.653. The Morgan fingerprint density at radius 1 is 0.724 bits per heavy atom. The van der Waals surface area contributed by atoms with Crippen LogP contribution in [0.15, 0.2) is 58.1 Å². The predicted octanol–water partition coefficient (Wildman–Crippen LogP) is 3.97. The van der Waals surface area contributed by atoms with Crippen LogP contribution in [-0.4, -0.2) is 11.6 Å². The topological polar surface area (TPSA) is 34.1 Å². The van der Waals surface area contributed by atoms with Crippen LogP contribution in [0.25, 0.3) is 12.2 Å². The fourth-order valence-electron chi connectivity index (χ4n) is 5.58. The minimum Gasteiger partial charge on any atom is -0.294 e. The van der Waals surface area contributed by atoms with Crippen molar-refractivity contribution in [2.45, 2.75) is 38.5 Å². The standard InChI is InChI=1S/C26H23BrO2/c1-25(2)19-7-5-6-8-20(19)26(3,4)22-21(25)23(28)17-12-14-9-10-16(27)11-15(14)13-18(17)24(22)29/h5-13,17-18H,1-4H3. The summed E-state index contributed by atoms with van der Waals surface area (Å²) >= 11 is 3.52. The second-order valence-corrected chi connectivity index (χ2v) is 10.3. The molecule has 0 radical (unpaired) electrons. The first kappa shape index (κ1) is 18.7. The van der Waals surface area contributed by atoms with Gasteiger partial charge < -0.3 is 0 Å². The highest BCUT2D eigenvalue weighted by molar-refractivity contribution is 9.10. The summed E-state index contributed by atoms with van der Waals surface area (Å²) in [6, 6.07) is 14.3. The molecule has 2 aromatic rings. The second-order valence-electron chi connectivity index (χ2n) is 9.43. The van der Waals surface area contributed by atoms with Crippen molar-refractivity contribution < 1.29 is 9.59 Å². The van der Waals surface area contributed by atoms with Crippen molar-refractivity contribution in [3.8, 4) is 0 Å². The van der Waals surface area contributed by atoms with Crippen molar-refractivity contribution in [2.75, 3.05) is 0 Å². The Morgan fingerprint density at radius 2 is 1.21 bits per heavy atom. The van der Waals surface area contributed by atoms with Gasteiger partial charge in [-0.25, -0.2) is 0 Å². The maximum absolute atomic E-state index is 13.9. The second kappa shape index (κ2) is 5.89. The lowest BCUT2D eigenvalue weighted by Crippen LogP contribution is -2.51. The van der Waals surface area contributed by atoms with Crippen molar-refractivity contribution in [2.24, 2.45) is 11.8 Å². The smallest absolute Gasteiger partial charge is 0.168 e. The third kappa shape index (κ3) is 2.40. The number of ketones is 2. The number of hydrogen-bond acceptors (Lipinski definition) is 2. The van der Waals surface area contributed by atoms with Crippen LogP contribution in [0.3, 0.4) is 0 Å². The normalized spacial score (nSPS) is 25.8. The molecule has 3 aliphatic rings. The maximum Gasteiger partial charge on any atom is 0.168 e. The molecular formula is C26H23BrO2. The van der Waals surface area contributed by atoms with Gasteiger partial charge in [-0.2, -0.15) is 0 Å². The molecule has 0 amide bonds. The molecule has 0 fully saturated rings. The van der Waals surface area contributed by atoms with E-state index in [4.69, 9.17) is 0 Å². The lowest BCUT2D eigenvalue weighted by molar-refractivity contribution is -0.127. The van der Waals surface area contributed by atoms with Crippen LogP contribution in [0.4, 0.5) is 0 Å². The number of rotatable bonds is 0. The molecule has 0 saturated carbocycles. The first-order valence-electron chi connectivity index (χ1n) is 10.1. The first-order valence-corrected chi connectivity index (χ1v) is 10.9. The van der Waals surface area contributed by atoms with E-state index in [0.29, 0.717) is 11.1 Å². The molecule has 0 spiro atoms. The van der Waals surface area contributed by atoms with Crippen LogP contribution in [-0.2, 0) is 20.4 Å². The molecule has 0 heterocycles. The van der Waals surface area contributed by atoms with Crippen molar-refractivity contribution in [1.82, 2.24) is 0 Å². The summed E-state index contributed by atoms with van der Waals surface area (Å²) in [6.45, 7) is 8.33. The number of carbonyl (C=O) groups is 2. The number of allylic oxidation sites excluding steroid dienone is 2. The zero-order chi connectivity index (χ0) is 20.7. The van der Waals surface area contributed by atoms with Gasteiger partial charge in [0, 0.05) is 26.4 Å². The Hall–Kier alpha value is -2.26. The predicted molar refractivity (Wildman–Crippen MR) is 119 cm³/mol. The Morgan fingerprint density at radius 3 is 1.72 bits per heavy atom. The van der Waals surface area contributed by atoms with Crippen molar-refractivity contribution >= 4 is 39.6 Å². The molecule has 146 valence electrons. The van der Waals surface area contributed by atoms with E-state index in [-0.39, 0.29) is 11.6 Å². The minimum absolute atomic E-state index is 0.0963. The van der Waals surface area contributed by atoms with Gasteiger partial charge in [-0.05, 0) is 33.7 Å². The van der Waals surface area contributed by atoms with Gasteiger partial charge in [0.2, 0.25) is 0 Å². The SMILES string of the molecule is CC1(C)C2=C(C(=O)C3C=c4cc(Br)ccc4=CC3C2=O)C(C)(C)c2ccccc21. The minimum atomic E-state index is -0.495. The number of Topliss-reactive ketones (excluding diaryl/α,β-unsaturated/α-hetero) is 2. The van der Waals surface area contributed by atoms with Crippen molar-refractivity contribution in [3.63, 3.8) is 0 Å². The summed E-state index contributed by atoms with van der Waals surface area (Å²) in [5.41, 5.74) is 2.71. The van der Waals surface area contributed by atoms with Crippen LogP contribution >= 0.6 is 15.9 Å². The van der Waals surface area contributed by atoms with Gasteiger partial charge in [0.05, 0.1) is 11.8 Å². The third-order valence-corrected chi connectivity index (χ3v) is 7.52. The van der Waals surface area contributed by atoms with Crippen LogP contribution in [0.1, 0.15) is 38.8 Å². The van der Waals surface area contributed by atoms with Gasteiger partial charge in [-0.1, -0.05) is 86.1 Å². The average Bonchev–Trinajstić information content (AvgIpc) is 2.68. The van der Waals surface area contributed by atoms with E-state index in [0.717, 1.165) is 26.0 Å². The Balaban J connectivity index is 1.80. The molecule has 3 aliphatic carbocycles. The van der Waals surface area contributed by atoms with Crippen LogP contribution in [0, 0.1) is 11.8 Å². The summed E-state index contributed by atoms with van der Waals surface area (Å²) < 4.78 is 0.974. The molecule has 2 nitrogen and oxygen atoms in total. The van der Waals surface area contributed by atoms with Gasteiger partial charge in [-0.15, -0.1) is 0 Å². The highest BCUT2D eigenvalue weighted by atomic mass is 79.9. The van der Waals surface area contributed by atoms with Crippen LogP contribution < -0.4 is 10.4 Å². The molecular weight excluding hydrogens is 424 g/mol. The molecule has 5 rings (SSSR count). The van der Waals surface area contributed by atoms with Crippen molar-refractivity contribution in [1.29, 1.82) is 0 Å². The van der Waals surface area contributed by atoms with Gasteiger partial charge in [0.1, 0.15) is 0 Å². The largest absolute Gasteiger partial charge is 0.294 e. The monoisotopic (exact) mass is 446 g/mol. The van der Waals surface area contributed by atoms with Crippen LogP contribution in [0.5, 0.6) is 0 Å². The van der Waals surface area contributed by atoms with E-state index in [9.17, 15) is 9.59 Å². The quantitative estimate of drug-likeness (QED) is 0.613. The molecule has 3 heteroatoms. The van der Waals surface area contributed by atoms with E-state index in [2.05, 4.69) is 55.8 Å². The van der Waals surface area contributed by atoms with Gasteiger partial charge in [-0.3, -0.25) is 9.59 Å². The number of fused-ring (bicyclic) bond motifs is 3. The molecule has 29 heavy (non-hydrogen) atoms. The lowest BCUT2D eigenvalue weighted by atomic mass is 9.53. The third-order valence-electron chi connectivity index (χ3n) is 7.03. The highest BCUT2D eigenvalue weighted by Crippen LogP contribution is 2.53. The number of benzene rings is 2. The van der Waals surface area contributed by atoms with Crippen LogP contribution in [0.2, 0.25) is 0 Å². The Kier molecular flexibility index (Phi) is 3.80. The van der Waals surface area contributed by atoms with Gasteiger partial charge >= 0.3 is 0 Å². The summed E-state index contributed by atoms with van der Waals surface area (Å²) in [6.07, 6.45) is 4.00. The van der Waals surface area contributed by atoms with Gasteiger partial charge in [0.15, 0.2) is 11.6 Å². The molecule has 0 bridgehead atoms. The summed E-state index contributed by atoms with van der Waals surface area (Å²) in [4.78, 5) is 27.7. The molecule has 0 saturated heterocycles. The van der Waals surface area contributed by atoms with E-state index >= 15 is 0 Å². The van der Waals surface area contributed by atoms with E-state index in [1.807, 2.05) is 42.5 Å². The molecule has 0 aliphatic heterocycles. The fourth-order valence-corrected chi connectivity index (χ4v) is 5.96.